The van der Waals surface area contributed by atoms with E-state index in [1.54, 1.807) is 0 Å². The maximum absolute atomic E-state index is 7.62. The molecule has 1 aromatic heterocycles. The molecule has 16 rings (SSSR count). The zero-order valence-corrected chi connectivity index (χ0v) is 41.5. The van der Waals surface area contributed by atoms with Crippen LogP contribution in [0.25, 0.3) is 49.6 Å². The van der Waals surface area contributed by atoms with Gasteiger partial charge in [0.25, 0.3) is 0 Å². The van der Waals surface area contributed by atoms with Crippen LogP contribution in [0.3, 0.4) is 0 Å². The molecule has 0 amide bonds. The van der Waals surface area contributed by atoms with Gasteiger partial charge in [-0.1, -0.05) is 190 Å². The minimum atomic E-state index is -0.741. The molecular formula is C70H53NO2. The molecule has 6 aliphatic rings. The van der Waals surface area contributed by atoms with Crippen molar-refractivity contribution in [2.24, 2.45) is 11.8 Å². The van der Waals surface area contributed by atoms with Crippen LogP contribution in [0.15, 0.2) is 221 Å². The summed E-state index contributed by atoms with van der Waals surface area (Å²) in [5.74, 6) is 3.31. The number of ether oxygens (including phenoxy) is 1. The molecule has 4 aliphatic carbocycles. The van der Waals surface area contributed by atoms with Crippen LogP contribution >= 0.6 is 0 Å². The summed E-state index contributed by atoms with van der Waals surface area (Å²) in [5, 5.41) is 3.66. The van der Waals surface area contributed by atoms with E-state index in [1.165, 1.54) is 99.8 Å². The van der Waals surface area contributed by atoms with Crippen molar-refractivity contribution in [2.75, 3.05) is 4.90 Å². The Morgan fingerprint density at radius 1 is 0.521 bits per heavy atom. The quantitative estimate of drug-likeness (QED) is 0.164. The molecule has 0 saturated carbocycles. The van der Waals surface area contributed by atoms with E-state index in [2.05, 4.69) is 233 Å². The average molecular weight is 940 g/mol. The summed E-state index contributed by atoms with van der Waals surface area (Å²) >= 11 is 0. The van der Waals surface area contributed by atoms with Crippen molar-refractivity contribution >= 4 is 38.7 Å². The fourth-order valence-electron chi connectivity index (χ4n) is 15.8. The Balaban J connectivity index is 1.08. The van der Waals surface area contributed by atoms with Gasteiger partial charge in [-0.25, -0.2) is 0 Å². The van der Waals surface area contributed by atoms with E-state index in [-0.39, 0.29) is 23.7 Å². The Labute approximate surface area is 426 Å². The van der Waals surface area contributed by atoms with E-state index in [1.807, 2.05) is 0 Å². The van der Waals surface area contributed by atoms with E-state index in [9.17, 15) is 0 Å². The zero-order valence-electron chi connectivity index (χ0n) is 41.5. The molecule has 0 radical (unpaired) electrons. The first-order chi connectivity index (χ1) is 35.8. The first-order valence-corrected chi connectivity index (χ1v) is 26.5. The SMILES string of the molecule is CC1C2=C3C(C)C4=C1C(C)c1oc5c(-c6ccccc6)cccc5c1C4(C)N(c1cccc(-c4ccc5ccccc5c4)c1)c1cc(C4CCc5ccccc54)c4c(c1)C3(c1ccccc1O4)c1ccccc12. The zero-order chi connectivity index (χ0) is 48.5. The molecule has 4 bridgehead atoms. The van der Waals surface area contributed by atoms with Gasteiger partial charge in [0.15, 0.2) is 0 Å². The summed E-state index contributed by atoms with van der Waals surface area (Å²) in [6.07, 6.45) is 2.05. The molecule has 0 fully saturated rings. The van der Waals surface area contributed by atoms with Gasteiger partial charge in [-0.15, -0.1) is 0 Å². The lowest BCUT2D eigenvalue weighted by Gasteiger charge is -2.53. The second-order valence-corrected chi connectivity index (χ2v) is 21.9. The third-order valence-electron chi connectivity index (χ3n) is 18.5. The molecule has 2 aliphatic heterocycles. The molecule has 3 heteroatoms. The van der Waals surface area contributed by atoms with Crippen LogP contribution in [0.2, 0.25) is 0 Å². The third-order valence-corrected chi connectivity index (χ3v) is 18.5. The first-order valence-electron chi connectivity index (χ1n) is 26.5. The Morgan fingerprint density at radius 3 is 2.14 bits per heavy atom. The fraction of sp³-hybridized carbons (Fsp3) is 0.171. The lowest BCUT2D eigenvalue weighted by Crippen LogP contribution is -2.49. The smallest absolute Gasteiger partial charge is 0.142 e. The van der Waals surface area contributed by atoms with Gasteiger partial charge in [-0.05, 0) is 123 Å². The van der Waals surface area contributed by atoms with Gasteiger partial charge < -0.3 is 14.1 Å². The molecule has 0 N–H and O–H groups in total. The summed E-state index contributed by atoms with van der Waals surface area (Å²) in [6, 6.07) is 75.4. The van der Waals surface area contributed by atoms with Crippen molar-refractivity contribution in [3.05, 3.63) is 267 Å². The molecule has 3 heterocycles. The fourth-order valence-corrected chi connectivity index (χ4v) is 15.8. The van der Waals surface area contributed by atoms with Gasteiger partial charge in [0.1, 0.15) is 22.8 Å². The maximum Gasteiger partial charge on any atom is 0.142 e. The molecule has 1 spiro atoms. The number of hydrogen-bond acceptors (Lipinski definition) is 3. The number of allylic oxidation sites excluding steroid dienone is 3. The second kappa shape index (κ2) is 14.7. The highest BCUT2D eigenvalue weighted by atomic mass is 16.5. The summed E-state index contributed by atoms with van der Waals surface area (Å²) in [4.78, 5) is 2.77. The monoisotopic (exact) mass is 939 g/mol. The van der Waals surface area contributed by atoms with Crippen LogP contribution < -0.4 is 9.64 Å². The van der Waals surface area contributed by atoms with Crippen molar-refractivity contribution in [2.45, 2.75) is 63.3 Å². The third kappa shape index (κ3) is 5.24. The van der Waals surface area contributed by atoms with Gasteiger partial charge in [-0.2, -0.15) is 0 Å². The normalized spacial score (nSPS) is 23.6. The number of furan rings is 1. The second-order valence-electron chi connectivity index (χ2n) is 21.9. The molecule has 10 aromatic rings. The molecule has 350 valence electrons. The summed E-state index contributed by atoms with van der Waals surface area (Å²) in [5.41, 5.74) is 23.1. The first kappa shape index (κ1) is 41.5. The number of para-hydroxylation sites is 2. The number of fused-ring (bicyclic) bond motifs is 10. The van der Waals surface area contributed by atoms with Crippen molar-refractivity contribution in [3.8, 4) is 33.8 Å². The number of aryl methyl sites for hydroxylation is 1. The van der Waals surface area contributed by atoms with Gasteiger partial charge in [0.05, 0.1) is 11.0 Å². The predicted molar refractivity (Wildman–Crippen MR) is 297 cm³/mol. The van der Waals surface area contributed by atoms with E-state index in [0.29, 0.717) is 0 Å². The van der Waals surface area contributed by atoms with Crippen LogP contribution in [0.4, 0.5) is 11.4 Å². The number of benzene rings is 9. The van der Waals surface area contributed by atoms with E-state index in [0.717, 1.165) is 52.5 Å². The molecule has 73 heavy (non-hydrogen) atoms. The molecule has 6 unspecified atom stereocenters. The Hall–Kier alpha value is -8.14. The van der Waals surface area contributed by atoms with Crippen LogP contribution in [0.5, 0.6) is 11.5 Å². The highest BCUT2D eigenvalue weighted by Crippen LogP contribution is 2.72. The molecule has 6 atom stereocenters. The predicted octanol–water partition coefficient (Wildman–Crippen LogP) is 18.0. The van der Waals surface area contributed by atoms with Crippen LogP contribution in [-0.2, 0) is 17.4 Å². The number of hydrogen-bond donors (Lipinski definition) is 0. The highest BCUT2D eigenvalue weighted by molar-refractivity contribution is 6.00. The van der Waals surface area contributed by atoms with Crippen molar-refractivity contribution in [1.29, 1.82) is 0 Å². The van der Waals surface area contributed by atoms with Crippen LogP contribution in [0.1, 0.15) is 96.2 Å². The van der Waals surface area contributed by atoms with Gasteiger partial charge in [0, 0.05) is 68.2 Å². The Morgan fingerprint density at radius 2 is 1.25 bits per heavy atom. The summed E-state index contributed by atoms with van der Waals surface area (Å²) < 4.78 is 15.2. The summed E-state index contributed by atoms with van der Waals surface area (Å²) in [7, 11) is 0. The number of nitrogens with zero attached hydrogens (tertiary/aromatic N) is 1. The summed E-state index contributed by atoms with van der Waals surface area (Å²) in [6.45, 7) is 10.1. The number of anilines is 2. The van der Waals surface area contributed by atoms with Crippen LogP contribution in [-0.4, -0.2) is 0 Å². The topological polar surface area (TPSA) is 25.6 Å². The van der Waals surface area contributed by atoms with Crippen molar-refractivity contribution in [1.82, 2.24) is 0 Å². The van der Waals surface area contributed by atoms with Crippen molar-refractivity contribution < 1.29 is 9.15 Å². The molecular weight excluding hydrogens is 887 g/mol. The standard InChI is InChI=1S/C70H53NO2/c1-40-61-41(2)66-65(55-28-17-27-52(67(55)73-66)44-19-6-5-7-20-44)69(4)63(61)42(3)64-62(40)54-26-12-13-29-57(54)70(64)58-30-14-15-31-60(58)72-68-56(53-35-34-45-21-10-11-25-51(45)53)38-50(39-59(68)70)71(69)49-24-16-23-47(37-49)48-33-32-43-18-8-9-22-46(43)36-48/h5-33,36-42,53H,34-35H2,1-4H3. The van der Waals surface area contributed by atoms with E-state index in [4.69, 9.17) is 9.15 Å². The Bertz CT molecular complexity index is 4110. The number of rotatable bonds is 4. The van der Waals surface area contributed by atoms with Crippen molar-refractivity contribution in [3.63, 3.8) is 0 Å². The highest BCUT2D eigenvalue weighted by Gasteiger charge is 2.62. The van der Waals surface area contributed by atoms with Gasteiger partial charge >= 0.3 is 0 Å². The lowest BCUT2D eigenvalue weighted by molar-refractivity contribution is 0.400. The minimum Gasteiger partial charge on any atom is -0.459 e. The molecule has 9 aromatic carbocycles. The van der Waals surface area contributed by atoms with Gasteiger partial charge in [0.2, 0.25) is 0 Å². The average Bonchev–Trinajstić information content (AvgIpc) is 4.14. The van der Waals surface area contributed by atoms with Gasteiger partial charge in [-0.3, -0.25) is 0 Å². The molecule has 0 saturated heterocycles. The largest absolute Gasteiger partial charge is 0.459 e. The van der Waals surface area contributed by atoms with Crippen LogP contribution in [0, 0.1) is 11.8 Å². The Kier molecular flexibility index (Phi) is 8.37. The minimum absolute atomic E-state index is 0.0158. The molecule has 3 nitrogen and oxygen atoms in total. The lowest BCUT2D eigenvalue weighted by atomic mass is 9.55. The maximum atomic E-state index is 7.62. The van der Waals surface area contributed by atoms with E-state index >= 15 is 0 Å². The van der Waals surface area contributed by atoms with E-state index < -0.39 is 11.0 Å².